The number of aromatic nitrogens is 2. The quantitative estimate of drug-likeness (QED) is 0.253. The number of rotatable bonds is 4. The monoisotopic (exact) mass is 597 g/mol. The van der Waals surface area contributed by atoms with Crippen molar-refractivity contribution in [1.82, 2.24) is 9.78 Å². The number of thiophene rings is 1. The molecule has 0 spiro atoms. The number of allylic oxidation sites excluding steroid dienone is 4. The average molecular weight is 598 g/mol. The predicted molar refractivity (Wildman–Crippen MR) is 165 cm³/mol. The van der Waals surface area contributed by atoms with Crippen molar-refractivity contribution in [3.05, 3.63) is 94.8 Å². The lowest BCUT2D eigenvalue weighted by atomic mass is 9.59. The van der Waals surface area contributed by atoms with Crippen LogP contribution in [0.3, 0.4) is 0 Å². The van der Waals surface area contributed by atoms with Crippen LogP contribution in [0.25, 0.3) is 20.7 Å². The van der Waals surface area contributed by atoms with E-state index in [0.717, 1.165) is 37.2 Å². The van der Waals surface area contributed by atoms with Crippen LogP contribution in [-0.2, 0) is 23.1 Å². The number of aromatic hydroxyl groups is 1. The van der Waals surface area contributed by atoms with Crippen LogP contribution in [0.5, 0.6) is 11.5 Å². The Hall–Kier alpha value is -4.14. The number of fused-ring (bicyclic) bond motifs is 3. The number of aryl methyl sites for hydroxylation is 2. The van der Waals surface area contributed by atoms with Crippen molar-refractivity contribution in [2.75, 3.05) is 4.90 Å². The third kappa shape index (κ3) is 3.75. The number of ether oxygens (including phenoxy) is 1. The van der Waals surface area contributed by atoms with Crippen LogP contribution < -0.4 is 9.64 Å². The third-order valence-electron chi connectivity index (χ3n) is 9.03. The molecule has 7 nitrogen and oxygen atoms in total. The van der Waals surface area contributed by atoms with E-state index in [1.807, 2.05) is 44.2 Å². The van der Waals surface area contributed by atoms with Gasteiger partial charge in [-0.05, 0) is 78.8 Å². The Labute approximate surface area is 252 Å². The summed E-state index contributed by atoms with van der Waals surface area (Å²) in [5, 5.41) is 16.6. The Morgan fingerprint density at radius 1 is 1.21 bits per heavy atom. The molecule has 7 rings (SSSR count). The number of phenolic OH excluding ortho intramolecular Hbond substituents is 1. The van der Waals surface area contributed by atoms with E-state index < -0.39 is 17.3 Å². The first-order valence-corrected chi connectivity index (χ1v) is 14.9. The molecule has 4 heterocycles. The molecule has 1 N–H and O–H groups in total. The summed E-state index contributed by atoms with van der Waals surface area (Å²) in [4.78, 5) is 30.9. The molecular formula is C33H28ClN3O4S. The molecule has 1 aliphatic carbocycles. The molecule has 2 aromatic heterocycles. The summed E-state index contributed by atoms with van der Waals surface area (Å²) in [6, 6.07) is 12.6. The van der Waals surface area contributed by atoms with Crippen molar-refractivity contribution in [2.24, 2.45) is 24.3 Å². The number of phenols is 1. The summed E-state index contributed by atoms with van der Waals surface area (Å²) in [7, 11) is 1.76. The Balaban J connectivity index is 1.29. The highest BCUT2D eigenvalue weighted by Crippen LogP contribution is 2.56. The maximum atomic E-state index is 14.5. The zero-order chi connectivity index (χ0) is 29.5. The van der Waals surface area contributed by atoms with Crippen molar-refractivity contribution in [1.29, 1.82) is 0 Å². The molecule has 212 valence electrons. The van der Waals surface area contributed by atoms with Crippen molar-refractivity contribution in [3.63, 3.8) is 0 Å². The average Bonchev–Trinajstić information content (AvgIpc) is 3.56. The van der Waals surface area contributed by atoms with Crippen molar-refractivity contribution >= 4 is 50.7 Å². The lowest BCUT2D eigenvalue weighted by molar-refractivity contribution is -0.128. The number of benzene rings is 2. The van der Waals surface area contributed by atoms with E-state index in [4.69, 9.17) is 21.4 Å². The van der Waals surface area contributed by atoms with Gasteiger partial charge >= 0.3 is 0 Å². The first kappa shape index (κ1) is 26.7. The maximum Gasteiger partial charge on any atom is 0.242 e. The standard InChI is InChI=1S/C33H28ClN3O4S/c1-5-18-6-9-24-31(39)37(28-15-25(35-36(28)4)30-17(2)23-14-21(34)7-11-27(23)42-30)32(40)33(24,3)29(18)20-12-19-13-22(38)8-10-26(19)41-16-20/h5-8,10-11,13-16,24,29,38H,1,9,12H2,2-4H3/t24-,29+,33+/m0/s1. The Morgan fingerprint density at radius 3 is 2.81 bits per heavy atom. The van der Waals surface area contributed by atoms with Crippen molar-refractivity contribution in [2.45, 2.75) is 26.7 Å². The van der Waals surface area contributed by atoms with Crippen LogP contribution in [0.1, 0.15) is 24.5 Å². The molecule has 3 aliphatic rings. The normalized spacial score (nSPS) is 23.4. The second-order valence-corrected chi connectivity index (χ2v) is 12.9. The highest BCUT2D eigenvalue weighted by Gasteiger charge is 2.63. The first-order valence-electron chi connectivity index (χ1n) is 13.7. The molecule has 0 unspecified atom stereocenters. The summed E-state index contributed by atoms with van der Waals surface area (Å²) in [6.07, 6.45) is 6.38. The van der Waals surface area contributed by atoms with E-state index in [2.05, 4.69) is 6.58 Å². The summed E-state index contributed by atoms with van der Waals surface area (Å²) in [5.74, 6) is -0.246. The molecule has 1 saturated heterocycles. The number of carbonyl (C=O) groups is 2. The zero-order valence-electron chi connectivity index (χ0n) is 23.3. The van der Waals surface area contributed by atoms with Gasteiger partial charge in [0.25, 0.3) is 0 Å². The predicted octanol–water partition coefficient (Wildman–Crippen LogP) is 7.12. The number of anilines is 1. The smallest absolute Gasteiger partial charge is 0.242 e. The summed E-state index contributed by atoms with van der Waals surface area (Å²) in [6.45, 7) is 7.95. The lowest BCUT2D eigenvalue weighted by Crippen LogP contribution is -2.44. The second kappa shape index (κ2) is 9.44. The largest absolute Gasteiger partial charge is 0.508 e. The number of imide groups is 1. The van der Waals surface area contributed by atoms with Gasteiger partial charge in [-0.25, -0.2) is 4.90 Å². The van der Waals surface area contributed by atoms with E-state index in [-0.39, 0.29) is 17.6 Å². The summed E-state index contributed by atoms with van der Waals surface area (Å²) in [5.41, 5.74) is 3.27. The van der Waals surface area contributed by atoms with Crippen LogP contribution >= 0.6 is 22.9 Å². The molecule has 2 amide bonds. The molecule has 9 heteroatoms. The minimum absolute atomic E-state index is 0.146. The number of nitrogens with zero attached hydrogens (tertiary/aromatic N) is 3. The van der Waals surface area contributed by atoms with Gasteiger partial charge in [-0.3, -0.25) is 14.3 Å². The highest BCUT2D eigenvalue weighted by molar-refractivity contribution is 7.22. The Kier molecular flexibility index (Phi) is 6.01. The van der Waals surface area contributed by atoms with Gasteiger partial charge in [0.1, 0.15) is 23.0 Å². The molecule has 2 aromatic carbocycles. The Morgan fingerprint density at radius 2 is 2.02 bits per heavy atom. The van der Waals surface area contributed by atoms with Crippen molar-refractivity contribution in [3.8, 4) is 22.1 Å². The van der Waals surface area contributed by atoms with Gasteiger partial charge in [0, 0.05) is 40.7 Å². The van der Waals surface area contributed by atoms with Crippen LogP contribution in [0, 0.1) is 24.2 Å². The van der Waals surface area contributed by atoms with E-state index in [0.29, 0.717) is 35.1 Å². The number of hydrogen-bond donors (Lipinski definition) is 1. The van der Waals surface area contributed by atoms with E-state index in [9.17, 15) is 14.7 Å². The minimum Gasteiger partial charge on any atom is -0.508 e. The molecule has 42 heavy (non-hydrogen) atoms. The van der Waals surface area contributed by atoms with Gasteiger partial charge in [0.2, 0.25) is 11.8 Å². The van der Waals surface area contributed by atoms with Gasteiger partial charge in [0.05, 0.1) is 22.5 Å². The van der Waals surface area contributed by atoms with Crippen LogP contribution in [0.4, 0.5) is 5.82 Å². The second-order valence-electron chi connectivity index (χ2n) is 11.4. The van der Waals surface area contributed by atoms with Crippen molar-refractivity contribution < 1.29 is 19.4 Å². The third-order valence-corrected chi connectivity index (χ3v) is 10.6. The highest BCUT2D eigenvalue weighted by atomic mass is 35.5. The SMILES string of the molecule is C=CC1=CC[C@H]2C(=O)N(c3cc(-c4sc5ccc(Cl)cc5c4C)nn3C)C(=O)[C@@]2(C)[C@H]1C1=COc2ccc(O)cc2C1. The van der Waals surface area contributed by atoms with E-state index in [1.54, 1.807) is 53.6 Å². The van der Waals surface area contributed by atoms with Crippen LogP contribution in [-0.4, -0.2) is 26.7 Å². The molecular weight excluding hydrogens is 570 g/mol. The lowest BCUT2D eigenvalue weighted by Gasteiger charge is -2.41. The van der Waals surface area contributed by atoms with E-state index in [1.165, 1.54) is 4.90 Å². The fourth-order valence-corrected chi connectivity index (χ4v) is 8.23. The minimum atomic E-state index is -1.06. The number of carbonyl (C=O) groups excluding carboxylic acids is 2. The van der Waals surface area contributed by atoms with Gasteiger partial charge < -0.3 is 9.84 Å². The molecule has 0 bridgehead atoms. The summed E-state index contributed by atoms with van der Waals surface area (Å²) < 4.78 is 8.66. The van der Waals surface area contributed by atoms with Crippen LogP contribution in [0.15, 0.2) is 78.6 Å². The van der Waals surface area contributed by atoms with Crippen LogP contribution in [0.2, 0.25) is 5.02 Å². The van der Waals surface area contributed by atoms with Gasteiger partial charge in [-0.2, -0.15) is 5.10 Å². The number of hydrogen-bond acceptors (Lipinski definition) is 6. The Bertz CT molecular complexity index is 1920. The fraction of sp³-hybridized carbons (Fsp3) is 0.242. The molecule has 1 fully saturated rings. The van der Waals surface area contributed by atoms with Gasteiger partial charge in [-0.15, -0.1) is 11.3 Å². The number of halogens is 1. The van der Waals surface area contributed by atoms with E-state index >= 15 is 0 Å². The molecule has 0 saturated carbocycles. The topological polar surface area (TPSA) is 84.7 Å². The molecule has 3 atom stereocenters. The first-order chi connectivity index (χ1) is 20.1. The molecule has 0 radical (unpaired) electrons. The maximum absolute atomic E-state index is 14.5. The van der Waals surface area contributed by atoms with Gasteiger partial charge in [-0.1, -0.05) is 30.3 Å². The number of amides is 2. The van der Waals surface area contributed by atoms with Gasteiger partial charge in [0.15, 0.2) is 0 Å². The zero-order valence-corrected chi connectivity index (χ0v) is 24.9. The fourth-order valence-electron chi connectivity index (χ4n) is 6.91. The molecule has 4 aromatic rings. The summed E-state index contributed by atoms with van der Waals surface area (Å²) >= 11 is 7.86. The molecule has 2 aliphatic heterocycles.